The van der Waals surface area contributed by atoms with Crippen LogP contribution in [0.15, 0.2) is 65.8 Å². The molecule has 0 saturated heterocycles. The molecule has 0 spiro atoms. The van der Waals surface area contributed by atoms with Crippen molar-refractivity contribution in [3.8, 4) is 0 Å². The normalized spacial score (nSPS) is 14.8. The van der Waals surface area contributed by atoms with Gasteiger partial charge in [0.2, 0.25) is 5.78 Å². The minimum Gasteiger partial charge on any atom is -0.290 e. The predicted molar refractivity (Wildman–Crippen MR) is 71.8 cm³/mol. The third kappa shape index (κ3) is 1.91. The first kappa shape index (κ1) is 10.7. The van der Waals surface area contributed by atoms with Crippen LogP contribution in [0.5, 0.6) is 0 Å². The number of carbonyl (C=O) groups excluding carboxylic acids is 1. The maximum absolute atomic E-state index is 12.0. The number of ketones is 1. The summed E-state index contributed by atoms with van der Waals surface area (Å²) in [5.41, 5.74) is 2.36. The maximum Gasteiger partial charge on any atom is 0.205 e. The lowest BCUT2D eigenvalue weighted by molar-refractivity contribution is -0.111. The van der Waals surface area contributed by atoms with E-state index in [-0.39, 0.29) is 5.78 Å². The van der Waals surface area contributed by atoms with Gasteiger partial charge in [-0.1, -0.05) is 48.5 Å². The third-order valence-corrected chi connectivity index (χ3v) is 2.88. The molecule has 0 saturated carbocycles. The predicted octanol–water partition coefficient (Wildman–Crippen LogP) is 2.48. The summed E-state index contributed by atoms with van der Waals surface area (Å²) >= 11 is 0. The minimum absolute atomic E-state index is 0.0602. The van der Waals surface area contributed by atoms with Gasteiger partial charge in [-0.15, -0.1) is 0 Å². The Morgan fingerprint density at radius 2 is 1.50 bits per heavy atom. The van der Waals surface area contributed by atoms with Crippen LogP contribution < -0.4 is 5.01 Å². The fourth-order valence-corrected chi connectivity index (χ4v) is 1.99. The third-order valence-electron chi connectivity index (χ3n) is 2.88. The number of rotatable bonds is 2. The van der Waals surface area contributed by atoms with Crippen LogP contribution in [0.1, 0.15) is 5.56 Å². The fraction of sp³-hybridized carbons (Fsp3) is 0.0667. The van der Waals surface area contributed by atoms with Gasteiger partial charge in [0.1, 0.15) is 12.3 Å². The molecular weight excluding hydrogens is 224 g/mol. The standard InChI is InChI=1S/C15H12N2O/c18-14-11-17(13-9-5-2-6-10-13)16-15(14)12-7-3-1-4-8-12/h1-10H,11H2. The highest BCUT2D eigenvalue weighted by molar-refractivity contribution is 6.48. The number of hydrogen-bond acceptors (Lipinski definition) is 3. The first-order chi connectivity index (χ1) is 8.84. The zero-order chi connectivity index (χ0) is 12.4. The van der Waals surface area contributed by atoms with E-state index in [9.17, 15) is 4.79 Å². The topological polar surface area (TPSA) is 32.7 Å². The van der Waals surface area contributed by atoms with Crippen LogP contribution in [-0.4, -0.2) is 18.0 Å². The van der Waals surface area contributed by atoms with Crippen molar-refractivity contribution in [2.75, 3.05) is 11.6 Å². The smallest absolute Gasteiger partial charge is 0.205 e. The van der Waals surface area contributed by atoms with Crippen molar-refractivity contribution in [1.82, 2.24) is 0 Å². The lowest BCUT2D eigenvalue weighted by Gasteiger charge is -2.11. The Kier molecular flexibility index (Phi) is 2.65. The number of hydrazone groups is 1. The summed E-state index contributed by atoms with van der Waals surface area (Å²) in [6.45, 7) is 0.314. The largest absolute Gasteiger partial charge is 0.290 e. The summed E-state index contributed by atoms with van der Waals surface area (Å²) in [7, 11) is 0. The molecule has 0 unspecified atom stereocenters. The number of benzene rings is 2. The van der Waals surface area contributed by atoms with E-state index in [1.807, 2.05) is 60.7 Å². The van der Waals surface area contributed by atoms with Crippen LogP contribution in [0.25, 0.3) is 0 Å². The molecule has 3 heteroatoms. The Morgan fingerprint density at radius 3 is 2.17 bits per heavy atom. The summed E-state index contributed by atoms with van der Waals surface area (Å²) in [5, 5.41) is 6.15. The van der Waals surface area contributed by atoms with Crippen molar-refractivity contribution in [2.24, 2.45) is 5.10 Å². The molecule has 3 rings (SSSR count). The van der Waals surface area contributed by atoms with Gasteiger partial charge in [0, 0.05) is 5.56 Å². The zero-order valence-corrected chi connectivity index (χ0v) is 9.78. The van der Waals surface area contributed by atoms with Crippen molar-refractivity contribution in [1.29, 1.82) is 0 Å². The molecule has 3 nitrogen and oxygen atoms in total. The second-order valence-electron chi connectivity index (χ2n) is 4.13. The molecule has 18 heavy (non-hydrogen) atoms. The molecule has 0 amide bonds. The summed E-state index contributed by atoms with van der Waals surface area (Å²) < 4.78 is 0. The van der Waals surface area contributed by atoms with Crippen molar-refractivity contribution in [3.05, 3.63) is 66.2 Å². The van der Waals surface area contributed by atoms with Gasteiger partial charge in [0.25, 0.3) is 0 Å². The van der Waals surface area contributed by atoms with Gasteiger partial charge in [0.05, 0.1) is 5.69 Å². The van der Waals surface area contributed by atoms with Gasteiger partial charge < -0.3 is 0 Å². The Labute approximate surface area is 105 Å². The molecule has 0 aromatic heterocycles. The van der Waals surface area contributed by atoms with Crippen molar-refractivity contribution < 1.29 is 4.79 Å². The number of Topliss-reactive ketones (excluding diaryl/α,β-unsaturated/α-hetero) is 1. The van der Waals surface area contributed by atoms with Gasteiger partial charge in [-0.3, -0.25) is 9.80 Å². The van der Waals surface area contributed by atoms with E-state index in [4.69, 9.17) is 0 Å². The quantitative estimate of drug-likeness (QED) is 0.802. The van der Waals surface area contributed by atoms with Gasteiger partial charge in [-0.05, 0) is 12.1 Å². The van der Waals surface area contributed by atoms with Crippen LogP contribution in [0.3, 0.4) is 0 Å². The molecule has 1 heterocycles. The second-order valence-corrected chi connectivity index (χ2v) is 4.13. The van der Waals surface area contributed by atoms with Gasteiger partial charge >= 0.3 is 0 Å². The van der Waals surface area contributed by atoms with Crippen LogP contribution in [0.2, 0.25) is 0 Å². The van der Waals surface area contributed by atoms with E-state index in [0.29, 0.717) is 12.3 Å². The minimum atomic E-state index is 0.0602. The van der Waals surface area contributed by atoms with Crippen molar-refractivity contribution in [3.63, 3.8) is 0 Å². The summed E-state index contributed by atoms with van der Waals surface area (Å²) in [5.74, 6) is 0.0602. The highest BCUT2D eigenvalue weighted by atomic mass is 16.1. The van der Waals surface area contributed by atoms with Crippen LogP contribution >= 0.6 is 0 Å². The molecule has 0 radical (unpaired) electrons. The Balaban J connectivity index is 1.95. The van der Waals surface area contributed by atoms with E-state index in [1.165, 1.54) is 0 Å². The molecule has 0 aliphatic carbocycles. The monoisotopic (exact) mass is 236 g/mol. The number of carbonyl (C=O) groups is 1. The number of anilines is 1. The molecule has 2 aromatic carbocycles. The van der Waals surface area contributed by atoms with Gasteiger partial charge in [-0.25, -0.2) is 0 Å². The highest BCUT2D eigenvalue weighted by Gasteiger charge is 2.25. The second kappa shape index (κ2) is 4.45. The molecule has 0 N–H and O–H groups in total. The zero-order valence-electron chi connectivity index (χ0n) is 9.78. The first-order valence-electron chi connectivity index (χ1n) is 5.84. The van der Waals surface area contributed by atoms with Crippen LogP contribution in [0, 0.1) is 0 Å². The Bertz CT molecular complexity index is 590. The molecule has 88 valence electrons. The molecule has 1 aliphatic heterocycles. The maximum atomic E-state index is 12.0. The molecule has 2 aromatic rings. The average molecular weight is 236 g/mol. The SMILES string of the molecule is O=C1CN(c2ccccc2)N=C1c1ccccc1. The molecule has 1 aliphatic rings. The molecule has 0 atom stereocenters. The van der Waals surface area contributed by atoms with E-state index < -0.39 is 0 Å². The van der Waals surface area contributed by atoms with E-state index in [0.717, 1.165) is 11.3 Å². The highest BCUT2D eigenvalue weighted by Crippen LogP contribution is 2.19. The van der Waals surface area contributed by atoms with Crippen molar-refractivity contribution >= 4 is 17.2 Å². The summed E-state index contributed by atoms with van der Waals surface area (Å²) in [6.07, 6.45) is 0. The first-order valence-corrected chi connectivity index (χ1v) is 5.84. The lowest BCUT2D eigenvalue weighted by Crippen LogP contribution is -2.18. The van der Waals surface area contributed by atoms with E-state index >= 15 is 0 Å². The molecular formula is C15H12N2O. The van der Waals surface area contributed by atoms with Gasteiger partial charge in [-0.2, -0.15) is 5.10 Å². The summed E-state index contributed by atoms with van der Waals surface area (Å²) in [6, 6.07) is 19.3. The van der Waals surface area contributed by atoms with Gasteiger partial charge in [0.15, 0.2) is 0 Å². The number of nitrogens with zero attached hydrogens (tertiary/aromatic N) is 2. The Hall–Kier alpha value is -2.42. The number of hydrogen-bond donors (Lipinski definition) is 0. The number of para-hydroxylation sites is 1. The summed E-state index contributed by atoms with van der Waals surface area (Å²) in [4.78, 5) is 12.0. The fourth-order valence-electron chi connectivity index (χ4n) is 1.99. The Morgan fingerprint density at radius 1 is 0.889 bits per heavy atom. The van der Waals surface area contributed by atoms with Crippen molar-refractivity contribution in [2.45, 2.75) is 0 Å². The lowest BCUT2D eigenvalue weighted by atomic mass is 10.1. The molecule has 0 fully saturated rings. The van der Waals surface area contributed by atoms with E-state index in [2.05, 4.69) is 5.10 Å². The van der Waals surface area contributed by atoms with E-state index in [1.54, 1.807) is 5.01 Å². The van der Waals surface area contributed by atoms with Crippen LogP contribution in [-0.2, 0) is 4.79 Å². The average Bonchev–Trinajstić information content (AvgIpc) is 2.83. The van der Waals surface area contributed by atoms with Crippen LogP contribution in [0.4, 0.5) is 5.69 Å². The molecule has 0 bridgehead atoms.